The minimum absolute atomic E-state index is 0.263. The van der Waals surface area contributed by atoms with Gasteiger partial charge in [-0.3, -0.25) is 4.79 Å². The van der Waals surface area contributed by atoms with Gasteiger partial charge in [0.05, 0.1) is 6.20 Å². The van der Waals surface area contributed by atoms with E-state index in [9.17, 15) is 4.79 Å². The summed E-state index contributed by atoms with van der Waals surface area (Å²) in [6.45, 7) is 4.94. The van der Waals surface area contributed by atoms with Crippen LogP contribution in [0.3, 0.4) is 0 Å². The lowest BCUT2D eigenvalue weighted by atomic mass is 10.2. The van der Waals surface area contributed by atoms with Crippen LogP contribution in [0.5, 0.6) is 0 Å². The first kappa shape index (κ1) is 12.9. The number of nitrogens with zero attached hydrogens (tertiary/aromatic N) is 2. The van der Waals surface area contributed by atoms with Crippen LogP contribution in [-0.2, 0) is 6.54 Å². The highest BCUT2D eigenvalue weighted by Gasteiger charge is 2.13. The molecule has 2 aromatic heterocycles. The maximum absolute atomic E-state index is 11.9. The quantitative estimate of drug-likeness (QED) is 0.943. The zero-order valence-electron chi connectivity index (χ0n) is 10.2. The molecule has 0 radical (unpaired) electrons. The van der Waals surface area contributed by atoms with Crippen molar-refractivity contribution in [3.8, 4) is 0 Å². The van der Waals surface area contributed by atoms with Crippen molar-refractivity contribution in [3.05, 3.63) is 34.8 Å². The maximum Gasteiger partial charge on any atom is 0.292 e. The molecule has 5 nitrogen and oxygen atoms in total. The second-order valence-corrected chi connectivity index (χ2v) is 5.13. The summed E-state index contributed by atoms with van der Waals surface area (Å²) in [5.41, 5.74) is 0. The van der Waals surface area contributed by atoms with E-state index < -0.39 is 0 Å². The molecule has 6 heteroatoms. The fourth-order valence-corrected chi connectivity index (χ4v) is 1.85. The molecular weight excluding hydrogens is 298 g/mol. The highest BCUT2D eigenvalue weighted by atomic mass is 79.9. The molecule has 0 spiro atoms. The van der Waals surface area contributed by atoms with Gasteiger partial charge in [0, 0.05) is 12.6 Å². The molecule has 0 aromatic carbocycles. The summed E-state index contributed by atoms with van der Waals surface area (Å²) in [6.07, 6.45) is 1.66. The third kappa shape index (κ3) is 3.01. The first-order valence-electron chi connectivity index (χ1n) is 5.65. The Morgan fingerprint density at radius 3 is 2.89 bits per heavy atom. The summed E-state index contributed by atoms with van der Waals surface area (Å²) in [4.78, 5) is 11.9. The van der Waals surface area contributed by atoms with Crippen LogP contribution in [0.2, 0.25) is 0 Å². The predicted octanol–water partition coefficient (Wildman–Crippen LogP) is 3.15. The molecule has 0 aliphatic rings. The molecule has 2 heterocycles. The van der Waals surface area contributed by atoms with Crippen molar-refractivity contribution in [1.82, 2.24) is 9.78 Å². The Kier molecular flexibility index (Phi) is 3.86. The summed E-state index contributed by atoms with van der Waals surface area (Å²) in [6, 6.07) is 5.06. The summed E-state index contributed by atoms with van der Waals surface area (Å²) >= 11 is 3.16. The van der Waals surface area contributed by atoms with Crippen LogP contribution in [0.15, 0.2) is 33.5 Å². The van der Waals surface area contributed by atoms with Gasteiger partial charge >= 0.3 is 0 Å². The Morgan fingerprint density at radius 1 is 1.50 bits per heavy atom. The number of hydrogen-bond acceptors (Lipinski definition) is 3. The third-order valence-corrected chi connectivity index (χ3v) is 2.72. The van der Waals surface area contributed by atoms with Crippen LogP contribution in [0.4, 0.5) is 5.82 Å². The lowest BCUT2D eigenvalue weighted by molar-refractivity contribution is 0.0994. The van der Waals surface area contributed by atoms with Crippen LogP contribution in [0, 0.1) is 5.92 Å². The van der Waals surface area contributed by atoms with Crippen molar-refractivity contribution in [2.45, 2.75) is 20.4 Å². The molecule has 18 heavy (non-hydrogen) atoms. The number of furan rings is 1. The van der Waals surface area contributed by atoms with Gasteiger partial charge in [-0.1, -0.05) is 13.8 Å². The van der Waals surface area contributed by atoms with Crippen LogP contribution >= 0.6 is 15.9 Å². The third-order valence-electron chi connectivity index (χ3n) is 2.29. The van der Waals surface area contributed by atoms with Gasteiger partial charge in [-0.05, 0) is 34.0 Å². The van der Waals surface area contributed by atoms with Gasteiger partial charge in [0.1, 0.15) is 5.82 Å². The van der Waals surface area contributed by atoms with Gasteiger partial charge in [-0.15, -0.1) is 0 Å². The second-order valence-electron chi connectivity index (χ2n) is 4.35. The fraction of sp³-hybridized carbons (Fsp3) is 0.333. The molecule has 0 aliphatic carbocycles. The first-order valence-corrected chi connectivity index (χ1v) is 6.44. The minimum atomic E-state index is -0.286. The number of carbonyl (C=O) groups is 1. The molecule has 96 valence electrons. The highest BCUT2D eigenvalue weighted by Crippen LogP contribution is 2.16. The molecule has 2 rings (SSSR count). The van der Waals surface area contributed by atoms with Crippen molar-refractivity contribution in [2.75, 3.05) is 5.32 Å². The number of aromatic nitrogens is 2. The van der Waals surface area contributed by atoms with Crippen molar-refractivity contribution in [1.29, 1.82) is 0 Å². The van der Waals surface area contributed by atoms with E-state index in [0.29, 0.717) is 16.4 Å². The van der Waals surface area contributed by atoms with Crippen molar-refractivity contribution in [3.63, 3.8) is 0 Å². The Morgan fingerprint density at radius 2 is 2.28 bits per heavy atom. The zero-order chi connectivity index (χ0) is 13.1. The van der Waals surface area contributed by atoms with Crippen molar-refractivity contribution in [2.24, 2.45) is 5.92 Å². The molecule has 0 aliphatic heterocycles. The molecule has 0 atom stereocenters. The Hall–Kier alpha value is -1.56. The topological polar surface area (TPSA) is 60.1 Å². The van der Waals surface area contributed by atoms with E-state index in [1.54, 1.807) is 29.1 Å². The lowest BCUT2D eigenvalue weighted by Gasteiger charge is -2.09. The van der Waals surface area contributed by atoms with Crippen molar-refractivity contribution >= 4 is 27.7 Å². The van der Waals surface area contributed by atoms with E-state index in [0.717, 1.165) is 6.54 Å². The smallest absolute Gasteiger partial charge is 0.292 e. The molecule has 0 saturated carbocycles. The Labute approximate surface area is 113 Å². The number of amides is 1. The average Bonchev–Trinajstić information content (AvgIpc) is 2.88. The van der Waals surface area contributed by atoms with E-state index in [2.05, 4.69) is 40.2 Å². The Balaban J connectivity index is 2.10. The van der Waals surface area contributed by atoms with Gasteiger partial charge in [-0.2, -0.15) is 5.10 Å². The maximum atomic E-state index is 11.9. The average molecular weight is 312 g/mol. The summed E-state index contributed by atoms with van der Waals surface area (Å²) in [5.74, 6) is 1.10. The van der Waals surface area contributed by atoms with E-state index >= 15 is 0 Å². The lowest BCUT2D eigenvalue weighted by Crippen LogP contribution is -2.16. The summed E-state index contributed by atoms with van der Waals surface area (Å²) in [5, 5.41) is 6.94. The molecular formula is C12H14BrN3O2. The van der Waals surface area contributed by atoms with Gasteiger partial charge in [0.15, 0.2) is 10.4 Å². The fourth-order valence-electron chi connectivity index (χ4n) is 1.54. The minimum Gasteiger partial charge on any atom is -0.444 e. The number of hydrogen-bond donors (Lipinski definition) is 1. The van der Waals surface area contributed by atoms with Gasteiger partial charge in [0.25, 0.3) is 5.91 Å². The molecule has 2 aromatic rings. The van der Waals surface area contributed by atoms with E-state index in [1.165, 1.54) is 0 Å². The van der Waals surface area contributed by atoms with Crippen LogP contribution in [0.25, 0.3) is 0 Å². The van der Waals surface area contributed by atoms with Crippen molar-refractivity contribution < 1.29 is 9.21 Å². The molecule has 0 saturated heterocycles. The summed E-state index contributed by atoms with van der Waals surface area (Å²) < 4.78 is 7.49. The molecule has 0 unspecified atom stereocenters. The van der Waals surface area contributed by atoms with Gasteiger partial charge < -0.3 is 9.73 Å². The number of halogens is 1. The van der Waals surface area contributed by atoms with E-state index in [-0.39, 0.29) is 11.7 Å². The largest absolute Gasteiger partial charge is 0.444 e. The van der Waals surface area contributed by atoms with E-state index in [4.69, 9.17) is 4.42 Å². The first-order chi connectivity index (χ1) is 8.56. The highest BCUT2D eigenvalue weighted by molar-refractivity contribution is 9.10. The number of carbonyl (C=O) groups excluding carboxylic acids is 1. The predicted molar refractivity (Wildman–Crippen MR) is 71.4 cm³/mol. The molecule has 1 amide bonds. The number of anilines is 1. The monoisotopic (exact) mass is 311 g/mol. The summed E-state index contributed by atoms with van der Waals surface area (Å²) in [7, 11) is 0. The zero-order valence-corrected chi connectivity index (χ0v) is 11.8. The van der Waals surface area contributed by atoms with Gasteiger partial charge in [0.2, 0.25) is 0 Å². The number of nitrogens with one attached hydrogen (secondary N) is 1. The molecule has 0 fully saturated rings. The van der Waals surface area contributed by atoms with E-state index in [1.807, 2.05) is 0 Å². The van der Waals surface area contributed by atoms with Gasteiger partial charge in [-0.25, -0.2) is 4.68 Å². The molecule has 0 bridgehead atoms. The van der Waals surface area contributed by atoms with Crippen LogP contribution < -0.4 is 5.32 Å². The normalized spacial score (nSPS) is 10.9. The van der Waals surface area contributed by atoms with Crippen LogP contribution in [-0.4, -0.2) is 15.7 Å². The standard InChI is InChI=1S/C12H14BrN3O2/c1-8(2)7-16-11(5-6-14-16)15-12(17)9-3-4-10(13)18-9/h3-6,8H,7H2,1-2H3,(H,15,17). The SMILES string of the molecule is CC(C)Cn1nccc1NC(=O)c1ccc(Br)o1. The van der Waals surface area contributed by atoms with Crippen LogP contribution in [0.1, 0.15) is 24.4 Å². The molecule has 1 N–H and O–H groups in total. The Bertz CT molecular complexity index is 545. The second kappa shape index (κ2) is 5.39. The number of rotatable bonds is 4.